The average Bonchev–Trinajstić information content (AvgIpc) is 3.36. The summed E-state index contributed by atoms with van der Waals surface area (Å²) in [6, 6.07) is 17.6. The maximum atomic E-state index is 13.5. The van der Waals surface area contributed by atoms with Crippen molar-refractivity contribution in [3.8, 4) is 23.3 Å². The minimum absolute atomic E-state index is 0.0268. The molecule has 0 aliphatic rings. The van der Waals surface area contributed by atoms with Crippen molar-refractivity contribution in [1.29, 1.82) is 5.26 Å². The second-order valence-corrected chi connectivity index (χ2v) is 11.1. The molecule has 0 spiro atoms. The summed E-state index contributed by atoms with van der Waals surface area (Å²) in [6.07, 6.45) is -1.16. The third-order valence-corrected chi connectivity index (χ3v) is 8.10. The number of anilines is 1. The summed E-state index contributed by atoms with van der Waals surface area (Å²) in [5.74, 6) is 0.851. The lowest BCUT2D eigenvalue weighted by molar-refractivity contribution is -0.123. The molecule has 1 heterocycles. The number of rotatable bonds is 12. The smallest absolute Gasteiger partial charge is 0.271 e. The molecule has 0 radical (unpaired) electrons. The molecule has 0 aliphatic carbocycles. The molecule has 0 saturated heterocycles. The van der Waals surface area contributed by atoms with E-state index >= 15 is 0 Å². The second kappa shape index (κ2) is 12.8. The van der Waals surface area contributed by atoms with Gasteiger partial charge in [-0.15, -0.1) is 0 Å². The maximum absolute atomic E-state index is 13.5. The molecule has 0 saturated carbocycles. The summed E-state index contributed by atoms with van der Waals surface area (Å²) in [4.78, 5) is 18.0. The van der Waals surface area contributed by atoms with Crippen LogP contribution in [0.3, 0.4) is 0 Å². The van der Waals surface area contributed by atoms with Gasteiger partial charge in [0.1, 0.15) is 5.75 Å². The highest BCUT2D eigenvalue weighted by molar-refractivity contribution is 7.89. The molecule has 11 nitrogen and oxygen atoms in total. The lowest BCUT2D eigenvalue weighted by atomic mass is 10.1. The molecule has 0 fully saturated rings. The topological polar surface area (TPSA) is 149 Å². The molecule has 4 rings (SSSR count). The van der Waals surface area contributed by atoms with Crippen molar-refractivity contribution in [2.24, 2.45) is 0 Å². The Morgan fingerprint density at radius 1 is 1.02 bits per heavy atom. The van der Waals surface area contributed by atoms with Gasteiger partial charge < -0.3 is 18.9 Å². The van der Waals surface area contributed by atoms with E-state index < -0.39 is 22.0 Å². The zero-order valence-electron chi connectivity index (χ0n) is 21.8. The second-order valence-electron chi connectivity index (χ2n) is 8.28. The van der Waals surface area contributed by atoms with Gasteiger partial charge in [0.05, 0.1) is 47.6 Å². The van der Waals surface area contributed by atoms with Gasteiger partial charge in [-0.1, -0.05) is 23.5 Å². The fraction of sp³-hybridized carbons (Fsp3) is 0.222. The lowest BCUT2D eigenvalue weighted by Crippen LogP contribution is -2.28. The standard InChI is InChI=1S/C27H26N4O7S2/c1-35-13-12-29-40(33,34)20-10-6-18(7-11-20)25(38-19-8-4-17(16-28)5-9-19)26(32)31-27-30-21-14-22(36-2)23(37-3)15-24(21)39-27/h4-11,14-15,25,29H,12-13H2,1-3H3,(H,30,31,32). The zero-order chi connectivity index (χ0) is 28.7. The van der Waals surface area contributed by atoms with Crippen molar-refractivity contribution in [2.45, 2.75) is 11.0 Å². The zero-order valence-corrected chi connectivity index (χ0v) is 23.5. The molecule has 40 heavy (non-hydrogen) atoms. The van der Waals surface area contributed by atoms with Crippen molar-refractivity contribution in [3.63, 3.8) is 0 Å². The van der Waals surface area contributed by atoms with E-state index in [4.69, 9.17) is 24.2 Å². The summed E-state index contributed by atoms with van der Waals surface area (Å²) < 4.78 is 49.9. The summed E-state index contributed by atoms with van der Waals surface area (Å²) >= 11 is 1.25. The van der Waals surface area contributed by atoms with Crippen LogP contribution in [0.15, 0.2) is 65.6 Å². The number of aromatic nitrogens is 1. The Labute approximate surface area is 235 Å². The number of thiazole rings is 1. The van der Waals surface area contributed by atoms with Crippen LogP contribution in [0.2, 0.25) is 0 Å². The minimum Gasteiger partial charge on any atom is -0.493 e. The minimum atomic E-state index is -3.77. The van der Waals surface area contributed by atoms with Crippen LogP contribution < -0.4 is 24.2 Å². The summed E-state index contributed by atoms with van der Waals surface area (Å²) in [5, 5.41) is 12.2. The molecular weight excluding hydrogens is 556 g/mol. The van der Waals surface area contributed by atoms with Crippen molar-refractivity contribution in [2.75, 3.05) is 39.8 Å². The van der Waals surface area contributed by atoms with Crippen LogP contribution in [-0.4, -0.2) is 53.8 Å². The van der Waals surface area contributed by atoms with Crippen LogP contribution in [0.25, 0.3) is 10.2 Å². The summed E-state index contributed by atoms with van der Waals surface area (Å²) in [7, 11) is 0.765. The average molecular weight is 583 g/mol. The number of nitriles is 1. The Balaban J connectivity index is 1.62. The monoisotopic (exact) mass is 582 g/mol. The Hall–Kier alpha value is -4.22. The number of ether oxygens (including phenoxy) is 4. The summed E-state index contributed by atoms with van der Waals surface area (Å²) in [6.45, 7) is 0.344. The van der Waals surface area contributed by atoms with E-state index in [1.165, 1.54) is 56.9 Å². The van der Waals surface area contributed by atoms with Crippen LogP contribution in [0.4, 0.5) is 5.13 Å². The van der Waals surface area contributed by atoms with Crippen LogP contribution in [0.5, 0.6) is 17.2 Å². The largest absolute Gasteiger partial charge is 0.493 e. The number of nitrogens with one attached hydrogen (secondary N) is 2. The fourth-order valence-corrected chi connectivity index (χ4v) is 5.57. The lowest BCUT2D eigenvalue weighted by Gasteiger charge is -2.19. The van der Waals surface area contributed by atoms with Gasteiger partial charge in [0.25, 0.3) is 5.91 Å². The Kier molecular flexibility index (Phi) is 9.18. The predicted octanol–water partition coefficient (Wildman–Crippen LogP) is 3.87. The number of carbonyl (C=O) groups is 1. The molecule has 2 N–H and O–H groups in total. The molecule has 0 aliphatic heterocycles. The first kappa shape index (κ1) is 28.8. The maximum Gasteiger partial charge on any atom is 0.271 e. The van der Waals surface area contributed by atoms with Crippen LogP contribution in [0.1, 0.15) is 17.2 Å². The molecule has 4 aromatic rings. The van der Waals surface area contributed by atoms with E-state index in [0.29, 0.717) is 39.0 Å². The Morgan fingerprint density at radius 3 is 2.33 bits per heavy atom. The van der Waals surface area contributed by atoms with Gasteiger partial charge in [0.15, 0.2) is 16.6 Å². The Morgan fingerprint density at radius 2 is 1.70 bits per heavy atom. The number of carbonyl (C=O) groups excluding carboxylic acids is 1. The molecule has 1 amide bonds. The van der Waals surface area contributed by atoms with Crippen molar-refractivity contribution in [3.05, 3.63) is 71.8 Å². The molecule has 0 bridgehead atoms. The van der Waals surface area contributed by atoms with E-state index in [-0.39, 0.29) is 18.0 Å². The number of methoxy groups -OCH3 is 3. The summed E-state index contributed by atoms with van der Waals surface area (Å²) in [5.41, 5.74) is 1.45. The van der Waals surface area contributed by atoms with Gasteiger partial charge in [-0.2, -0.15) is 5.26 Å². The van der Waals surface area contributed by atoms with Crippen molar-refractivity contribution in [1.82, 2.24) is 9.71 Å². The number of hydrogen-bond acceptors (Lipinski definition) is 10. The molecule has 1 atom stereocenters. The molecule has 1 aromatic heterocycles. The highest BCUT2D eigenvalue weighted by Gasteiger charge is 2.25. The van der Waals surface area contributed by atoms with Gasteiger partial charge in [0.2, 0.25) is 16.1 Å². The van der Waals surface area contributed by atoms with Crippen LogP contribution >= 0.6 is 11.3 Å². The van der Waals surface area contributed by atoms with E-state index in [1.54, 1.807) is 36.4 Å². The fourth-order valence-electron chi connectivity index (χ4n) is 3.68. The van der Waals surface area contributed by atoms with E-state index in [1.807, 2.05) is 6.07 Å². The van der Waals surface area contributed by atoms with E-state index in [2.05, 4.69) is 15.0 Å². The normalized spacial score (nSPS) is 11.9. The quantitative estimate of drug-likeness (QED) is 0.237. The number of amides is 1. The number of sulfonamides is 1. The van der Waals surface area contributed by atoms with Crippen molar-refractivity contribution < 1.29 is 32.2 Å². The third-order valence-electron chi connectivity index (χ3n) is 5.69. The first-order valence-electron chi connectivity index (χ1n) is 11.9. The molecule has 208 valence electrons. The third kappa shape index (κ3) is 6.67. The van der Waals surface area contributed by atoms with Crippen LogP contribution in [0, 0.1) is 11.3 Å². The predicted molar refractivity (Wildman–Crippen MR) is 149 cm³/mol. The van der Waals surface area contributed by atoms with Crippen LogP contribution in [-0.2, 0) is 19.6 Å². The molecule has 3 aromatic carbocycles. The van der Waals surface area contributed by atoms with E-state index in [9.17, 15) is 13.2 Å². The van der Waals surface area contributed by atoms with Gasteiger partial charge in [-0.25, -0.2) is 18.1 Å². The highest BCUT2D eigenvalue weighted by Crippen LogP contribution is 2.36. The molecular formula is C27H26N4O7S2. The van der Waals surface area contributed by atoms with Gasteiger partial charge in [0, 0.05) is 31.4 Å². The first-order chi connectivity index (χ1) is 19.3. The van der Waals surface area contributed by atoms with E-state index in [0.717, 1.165) is 4.70 Å². The van der Waals surface area contributed by atoms with Gasteiger partial charge in [-0.05, 0) is 36.4 Å². The number of nitrogens with zero attached hydrogens (tertiary/aromatic N) is 2. The Bertz CT molecular complexity index is 1590. The SMILES string of the molecule is COCCNS(=O)(=O)c1ccc(C(Oc2ccc(C#N)cc2)C(=O)Nc2nc3cc(OC)c(OC)cc3s2)cc1. The van der Waals surface area contributed by atoms with Gasteiger partial charge in [-0.3, -0.25) is 10.1 Å². The molecule has 13 heteroatoms. The number of fused-ring (bicyclic) bond motifs is 1. The van der Waals surface area contributed by atoms with Gasteiger partial charge >= 0.3 is 0 Å². The molecule has 1 unspecified atom stereocenters. The number of benzene rings is 3. The first-order valence-corrected chi connectivity index (χ1v) is 14.2. The highest BCUT2D eigenvalue weighted by atomic mass is 32.2. The van der Waals surface area contributed by atoms with Crippen molar-refractivity contribution >= 4 is 42.6 Å². The number of hydrogen-bond donors (Lipinski definition) is 2.